The molecule has 37 heavy (non-hydrogen) atoms. The second kappa shape index (κ2) is 10.2. The number of hydrogen-bond donors (Lipinski definition) is 1. The van der Waals surface area contributed by atoms with E-state index in [1.807, 2.05) is 18.9 Å². The number of carbonyl (C=O) groups excluding carboxylic acids is 1. The number of likely N-dealkylation sites (N-methyl/N-ethyl adjacent to an activating group) is 1. The number of hydrogen-bond acceptors (Lipinski definition) is 10. The minimum Gasteiger partial charge on any atom is -0.369 e. The number of nitrogens with zero attached hydrogens (tertiary/aromatic N) is 8. The first-order valence-electron chi connectivity index (χ1n) is 12.6. The molecule has 0 aliphatic carbocycles. The number of aromatic nitrogens is 3. The van der Waals surface area contributed by atoms with Crippen molar-refractivity contribution in [3.63, 3.8) is 0 Å². The summed E-state index contributed by atoms with van der Waals surface area (Å²) >= 11 is 1.49. The SMILES string of the molecule is Cc1nc2c(s1)N(C)c1nc(Nc3ccc(N4CCN(CCN(C)C)CC4)cc3C)ncc1N(C)C2=O. The van der Waals surface area contributed by atoms with E-state index < -0.39 is 0 Å². The van der Waals surface area contributed by atoms with Gasteiger partial charge in [-0.15, -0.1) is 11.3 Å². The molecule has 0 unspecified atom stereocenters. The highest BCUT2D eigenvalue weighted by Gasteiger charge is 2.32. The van der Waals surface area contributed by atoms with Gasteiger partial charge in [0.15, 0.2) is 11.5 Å². The number of thiazole rings is 1. The van der Waals surface area contributed by atoms with Crippen molar-refractivity contribution < 1.29 is 4.79 Å². The predicted molar refractivity (Wildman–Crippen MR) is 151 cm³/mol. The lowest BCUT2D eigenvalue weighted by Gasteiger charge is -2.36. The van der Waals surface area contributed by atoms with Crippen LogP contribution in [0.1, 0.15) is 21.1 Å². The molecule has 1 aromatic carbocycles. The molecule has 0 saturated carbocycles. The van der Waals surface area contributed by atoms with Gasteiger partial charge in [0, 0.05) is 64.7 Å². The Balaban J connectivity index is 1.32. The Hall–Kier alpha value is -3.28. The topological polar surface area (TPSA) is 84.0 Å². The van der Waals surface area contributed by atoms with Gasteiger partial charge >= 0.3 is 0 Å². The summed E-state index contributed by atoms with van der Waals surface area (Å²) in [6.07, 6.45) is 1.70. The van der Waals surface area contributed by atoms with Crippen LogP contribution >= 0.6 is 11.3 Å². The van der Waals surface area contributed by atoms with Gasteiger partial charge in [0.05, 0.1) is 11.2 Å². The molecule has 5 rings (SSSR count). The zero-order valence-corrected chi connectivity index (χ0v) is 23.3. The van der Waals surface area contributed by atoms with E-state index in [0.717, 1.165) is 60.5 Å². The molecule has 11 heteroatoms. The lowest BCUT2D eigenvalue weighted by atomic mass is 10.1. The van der Waals surface area contributed by atoms with Crippen molar-refractivity contribution in [2.24, 2.45) is 0 Å². The number of carbonyl (C=O) groups is 1. The van der Waals surface area contributed by atoms with Crippen molar-refractivity contribution in [3.05, 3.63) is 40.7 Å². The van der Waals surface area contributed by atoms with Crippen LogP contribution in [0.3, 0.4) is 0 Å². The number of piperazine rings is 1. The van der Waals surface area contributed by atoms with Crippen molar-refractivity contribution in [1.82, 2.24) is 24.8 Å². The van der Waals surface area contributed by atoms with Gasteiger partial charge in [-0.05, 0) is 51.7 Å². The zero-order chi connectivity index (χ0) is 26.3. The van der Waals surface area contributed by atoms with E-state index in [1.165, 1.54) is 17.0 Å². The second-order valence-corrected chi connectivity index (χ2v) is 11.2. The number of benzene rings is 1. The van der Waals surface area contributed by atoms with Crippen LogP contribution in [0.2, 0.25) is 0 Å². The van der Waals surface area contributed by atoms with Gasteiger partial charge in [0.25, 0.3) is 5.91 Å². The van der Waals surface area contributed by atoms with Crippen LogP contribution in [0, 0.1) is 13.8 Å². The normalized spacial score (nSPS) is 16.2. The van der Waals surface area contributed by atoms with E-state index in [0.29, 0.717) is 23.1 Å². The molecule has 1 saturated heterocycles. The Morgan fingerprint density at radius 1 is 1.05 bits per heavy atom. The summed E-state index contributed by atoms with van der Waals surface area (Å²) in [5, 5.41) is 5.03. The smallest absolute Gasteiger partial charge is 0.279 e. The lowest BCUT2D eigenvalue weighted by Crippen LogP contribution is -2.48. The van der Waals surface area contributed by atoms with E-state index in [9.17, 15) is 4.79 Å². The van der Waals surface area contributed by atoms with Crippen LogP contribution in [0.5, 0.6) is 0 Å². The quantitative estimate of drug-likeness (QED) is 0.525. The molecule has 0 spiro atoms. The number of amides is 1. The van der Waals surface area contributed by atoms with Crippen molar-refractivity contribution in [2.45, 2.75) is 13.8 Å². The first-order chi connectivity index (χ1) is 17.7. The van der Waals surface area contributed by atoms with E-state index in [-0.39, 0.29) is 5.91 Å². The number of fused-ring (bicyclic) bond motifs is 2. The molecular weight excluding hydrogens is 486 g/mol. The molecule has 1 amide bonds. The number of rotatable bonds is 6. The predicted octanol–water partition coefficient (Wildman–Crippen LogP) is 3.34. The highest BCUT2D eigenvalue weighted by molar-refractivity contribution is 7.16. The maximum absolute atomic E-state index is 13.0. The standard InChI is InChI=1S/C26H35N9OS/c1-17-15-19(35-13-11-34(12-14-35)10-9-31(3)4)7-8-20(17)29-26-27-16-21-23(30-26)33(6)25-22(24(36)32(21)5)28-18(2)37-25/h7-8,15-16H,9-14H2,1-6H3,(H,27,29,30). The fourth-order valence-corrected chi connectivity index (χ4v) is 5.60. The molecule has 4 heterocycles. The Labute approximate surface area is 222 Å². The summed E-state index contributed by atoms with van der Waals surface area (Å²) in [5.41, 5.74) is 4.43. The minimum atomic E-state index is -0.153. The molecule has 10 nitrogen and oxygen atoms in total. The van der Waals surface area contributed by atoms with Crippen molar-refractivity contribution in [3.8, 4) is 0 Å². The summed E-state index contributed by atoms with van der Waals surface area (Å²) in [4.78, 5) is 37.5. The van der Waals surface area contributed by atoms with E-state index in [1.54, 1.807) is 18.1 Å². The van der Waals surface area contributed by atoms with Gasteiger partial charge in [-0.3, -0.25) is 9.69 Å². The van der Waals surface area contributed by atoms with Crippen molar-refractivity contribution in [2.75, 3.05) is 87.5 Å². The fourth-order valence-electron chi connectivity index (χ4n) is 4.73. The number of nitrogens with one attached hydrogen (secondary N) is 1. The molecule has 0 bridgehead atoms. The van der Waals surface area contributed by atoms with Crippen LogP contribution < -0.4 is 20.0 Å². The fraction of sp³-hybridized carbons (Fsp3) is 0.462. The van der Waals surface area contributed by atoms with E-state index >= 15 is 0 Å². The summed E-state index contributed by atoms with van der Waals surface area (Å²) in [6, 6.07) is 6.49. The Kier molecular flexibility index (Phi) is 7.02. The average Bonchev–Trinajstić information content (AvgIpc) is 3.26. The summed E-state index contributed by atoms with van der Waals surface area (Å²) in [6.45, 7) is 10.5. The Morgan fingerprint density at radius 2 is 1.81 bits per heavy atom. The van der Waals surface area contributed by atoms with Gasteiger partial charge < -0.3 is 24.9 Å². The van der Waals surface area contributed by atoms with Crippen LogP contribution in [-0.2, 0) is 0 Å². The van der Waals surface area contributed by atoms with Gasteiger partial charge in [0.1, 0.15) is 10.7 Å². The summed E-state index contributed by atoms with van der Waals surface area (Å²) in [5.74, 6) is 0.998. The number of aryl methyl sites for hydroxylation is 2. The van der Waals surface area contributed by atoms with Gasteiger partial charge in [0.2, 0.25) is 5.95 Å². The monoisotopic (exact) mass is 521 g/mol. The second-order valence-electron chi connectivity index (χ2n) is 9.97. The van der Waals surface area contributed by atoms with Crippen molar-refractivity contribution >= 4 is 51.1 Å². The zero-order valence-electron chi connectivity index (χ0n) is 22.4. The maximum atomic E-state index is 13.0. The Bertz CT molecular complexity index is 1300. The molecule has 1 fully saturated rings. The summed E-state index contributed by atoms with van der Waals surface area (Å²) in [7, 11) is 7.90. The van der Waals surface area contributed by atoms with E-state index in [2.05, 4.69) is 69.2 Å². The molecule has 0 atom stereocenters. The first kappa shape index (κ1) is 25.4. The lowest BCUT2D eigenvalue weighted by molar-refractivity contribution is 0.0990. The molecule has 3 aromatic rings. The minimum absolute atomic E-state index is 0.153. The number of anilines is 6. The first-order valence-corrected chi connectivity index (χ1v) is 13.4. The molecule has 2 aromatic heterocycles. The third-order valence-electron chi connectivity index (χ3n) is 7.01. The highest BCUT2D eigenvalue weighted by Crippen LogP contribution is 2.41. The maximum Gasteiger partial charge on any atom is 0.279 e. The molecule has 2 aliphatic rings. The average molecular weight is 522 g/mol. The molecular formula is C26H35N9OS. The van der Waals surface area contributed by atoms with Gasteiger partial charge in [-0.25, -0.2) is 9.97 Å². The van der Waals surface area contributed by atoms with Crippen molar-refractivity contribution in [1.29, 1.82) is 0 Å². The van der Waals surface area contributed by atoms with Crippen LogP contribution in [-0.4, -0.2) is 98.1 Å². The molecule has 1 N–H and O–H groups in total. The third kappa shape index (κ3) is 5.11. The summed E-state index contributed by atoms with van der Waals surface area (Å²) < 4.78 is 0. The van der Waals surface area contributed by atoms with Gasteiger partial charge in [-0.1, -0.05) is 0 Å². The van der Waals surface area contributed by atoms with Crippen LogP contribution in [0.15, 0.2) is 24.4 Å². The van der Waals surface area contributed by atoms with Crippen LogP contribution in [0.25, 0.3) is 0 Å². The molecule has 196 valence electrons. The van der Waals surface area contributed by atoms with Crippen LogP contribution in [0.4, 0.5) is 33.8 Å². The van der Waals surface area contributed by atoms with E-state index in [4.69, 9.17) is 4.98 Å². The third-order valence-corrected chi connectivity index (χ3v) is 8.06. The van der Waals surface area contributed by atoms with Gasteiger partial charge in [-0.2, -0.15) is 4.98 Å². The Morgan fingerprint density at radius 3 is 2.51 bits per heavy atom. The molecule has 2 aliphatic heterocycles. The molecule has 0 radical (unpaired) electrons. The highest BCUT2D eigenvalue weighted by atomic mass is 32.1. The largest absolute Gasteiger partial charge is 0.369 e.